The number of fused-ring (bicyclic) bond motifs is 1. The van der Waals surface area contributed by atoms with Crippen LogP contribution in [0.15, 0.2) is 34.6 Å². The van der Waals surface area contributed by atoms with E-state index in [0.717, 1.165) is 63.0 Å². The highest BCUT2D eigenvalue weighted by atomic mass is 127. The van der Waals surface area contributed by atoms with E-state index in [0.29, 0.717) is 0 Å². The average molecular weight is 527 g/mol. The van der Waals surface area contributed by atoms with Crippen LogP contribution in [-0.4, -0.2) is 43.7 Å². The second-order valence-electron chi connectivity index (χ2n) is 7.20. The zero-order chi connectivity index (χ0) is 19.2. The van der Waals surface area contributed by atoms with E-state index in [-0.39, 0.29) is 30.0 Å². The Labute approximate surface area is 194 Å². The molecule has 1 fully saturated rings. The molecule has 8 heteroatoms. The van der Waals surface area contributed by atoms with E-state index < -0.39 is 0 Å². The zero-order valence-corrected chi connectivity index (χ0v) is 20.0. The van der Waals surface area contributed by atoms with Gasteiger partial charge in [0, 0.05) is 50.0 Å². The van der Waals surface area contributed by atoms with Crippen LogP contribution in [0.5, 0.6) is 5.75 Å². The number of nitrogens with one attached hydrogen (secondary N) is 2. The predicted octanol–water partition coefficient (Wildman–Crippen LogP) is 3.98. The number of rotatable bonds is 6. The molecule has 1 aromatic carbocycles. The highest BCUT2D eigenvalue weighted by molar-refractivity contribution is 14.0. The highest BCUT2D eigenvalue weighted by Crippen LogP contribution is 2.31. The Morgan fingerprint density at radius 2 is 2.14 bits per heavy atom. The normalized spacial score (nSPS) is 18.6. The van der Waals surface area contributed by atoms with E-state index in [9.17, 15) is 0 Å². The van der Waals surface area contributed by atoms with E-state index in [1.807, 2.05) is 12.1 Å². The maximum atomic E-state index is 5.77. The molecule has 2 aromatic rings. The summed E-state index contributed by atoms with van der Waals surface area (Å²) in [5.74, 6) is 1.83. The molecule has 0 amide bonds. The average Bonchev–Trinajstić information content (AvgIpc) is 3.40. The molecule has 4 rings (SSSR count). The standard InChI is InChI=1S/C21H29N5OS.HI/c1-2-22-20(25-18-10-14-27-19-8-4-3-7-17(18)19)23-11-9-16-15-28-21(24-16)26-12-5-6-13-26;/h3-4,7-8,15,18H,2,5-6,9-14H2,1H3,(H2,22,23,25);1H. The van der Waals surface area contributed by atoms with Gasteiger partial charge in [-0.05, 0) is 25.8 Å². The van der Waals surface area contributed by atoms with Gasteiger partial charge in [-0.3, -0.25) is 4.99 Å². The number of halogens is 1. The topological polar surface area (TPSA) is 61.8 Å². The van der Waals surface area contributed by atoms with Gasteiger partial charge in [0.2, 0.25) is 0 Å². The Morgan fingerprint density at radius 3 is 2.97 bits per heavy atom. The second kappa shape index (κ2) is 11.0. The van der Waals surface area contributed by atoms with Crippen molar-refractivity contribution in [2.45, 2.75) is 38.6 Å². The van der Waals surface area contributed by atoms with Crippen molar-refractivity contribution in [1.29, 1.82) is 0 Å². The molecule has 2 aliphatic rings. The maximum absolute atomic E-state index is 5.77. The van der Waals surface area contributed by atoms with Crippen molar-refractivity contribution in [3.05, 3.63) is 40.9 Å². The molecule has 2 aliphatic heterocycles. The maximum Gasteiger partial charge on any atom is 0.191 e. The number of anilines is 1. The van der Waals surface area contributed by atoms with Crippen LogP contribution < -0.4 is 20.3 Å². The van der Waals surface area contributed by atoms with Gasteiger partial charge in [0.05, 0.1) is 18.3 Å². The monoisotopic (exact) mass is 527 g/mol. The summed E-state index contributed by atoms with van der Waals surface area (Å²) in [6, 6.07) is 8.47. The molecule has 6 nitrogen and oxygen atoms in total. The molecule has 1 saturated heterocycles. The fraction of sp³-hybridized carbons (Fsp3) is 0.524. The van der Waals surface area contributed by atoms with Crippen molar-refractivity contribution in [3.8, 4) is 5.75 Å². The van der Waals surface area contributed by atoms with E-state index in [1.54, 1.807) is 11.3 Å². The third-order valence-electron chi connectivity index (χ3n) is 5.17. The van der Waals surface area contributed by atoms with Gasteiger partial charge >= 0.3 is 0 Å². The Morgan fingerprint density at radius 1 is 1.31 bits per heavy atom. The first-order chi connectivity index (χ1) is 13.8. The number of hydrogen-bond acceptors (Lipinski definition) is 5. The number of nitrogens with zero attached hydrogens (tertiary/aromatic N) is 3. The first-order valence-corrected chi connectivity index (χ1v) is 11.2. The fourth-order valence-corrected chi connectivity index (χ4v) is 4.64. The number of para-hydroxylation sites is 1. The summed E-state index contributed by atoms with van der Waals surface area (Å²) in [5, 5.41) is 10.3. The summed E-state index contributed by atoms with van der Waals surface area (Å²) < 4.78 is 5.77. The summed E-state index contributed by atoms with van der Waals surface area (Å²) in [6.07, 6.45) is 4.37. The third-order valence-corrected chi connectivity index (χ3v) is 6.12. The van der Waals surface area contributed by atoms with Gasteiger partial charge in [0.1, 0.15) is 5.75 Å². The predicted molar refractivity (Wildman–Crippen MR) is 131 cm³/mol. The number of benzene rings is 1. The first kappa shape index (κ1) is 22.1. The number of ether oxygens (including phenoxy) is 1. The zero-order valence-electron chi connectivity index (χ0n) is 16.9. The molecule has 158 valence electrons. The molecule has 1 atom stereocenters. The summed E-state index contributed by atoms with van der Waals surface area (Å²) in [6.45, 7) is 6.68. The van der Waals surface area contributed by atoms with Crippen LogP contribution in [-0.2, 0) is 6.42 Å². The van der Waals surface area contributed by atoms with Crippen LogP contribution in [0.25, 0.3) is 0 Å². The lowest BCUT2D eigenvalue weighted by molar-refractivity contribution is 0.261. The summed E-state index contributed by atoms with van der Waals surface area (Å²) in [4.78, 5) is 12.0. The van der Waals surface area contributed by atoms with Crippen molar-refractivity contribution in [2.24, 2.45) is 4.99 Å². The molecular weight excluding hydrogens is 497 g/mol. The molecule has 0 spiro atoms. The van der Waals surface area contributed by atoms with Gasteiger partial charge in [0.15, 0.2) is 11.1 Å². The van der Waals surface area contributed by atoms with Gasteiger partial charge in [-0.15, -0.1) is 35.3 Å². The van der Waals surface area contributed by atoms with E-state index in [4.69, 9.17) is 14.7 Å². The quantitative estimate of drug-likeness (QED) is 0.338. The van der Waals surface area contributed by atoms with Crippen LogP contribution >= 0.6 is 35.3 Å². The molecule has 2 N–H and O–H groups in total. The second-order valence-corrected chi connectivity index (χ2v) is 8.03. The molecule has 29 heavy (non-hydrogen) atoms. The van der Waals surface area contributed by atoms with Crippen LogP contribution in [0.4, 0.5) is 5.13 Å². The minimum absolute atomic E-state index is 0. The number of guanidine groups is 1. The van der Waals surface area contributed by atoms with Crippen LogP contribution in [0, 0.1) is 0 Å². The third kappa shape index (κ3) is 5.75. The number of hydrogen-bond donors (Lipinski definition) is 2. The molecule has 0 saturated carbocycles. The van der Waals surface area contributed by atoms with Crippen molar-refractivity contribution < 1.29 is 4.74 Å². The van der Waals surface area contributed by atoms with E-state index in [1.165, 1.54) is 23.5 Å². The molecular formula is C21H30IN5OS. The number of aliphatic imine (C=N–C) groups is 1. The Kier molecular flexibility index (Phi) is 8.40. The fourth-order valence-electron chi connectivity index (χ4n) is 3.72. The lowest BCUT2D eigenvalue weighted by Crippen LogP contribution is -2.41. The molecule has 1 aromatic heterocycles. The Hall–Kier alpha value is -1.55. The molecule has 3 heterocycles. The summed E-state index contributed by atoms with van der Waals surface area (Å²) in [5.41, 5.74) is 2.34. The van der Waals surface area contributed by atoms with Crippen molar-refractivity contribution in [3.63, 3.8) is 0 Å². The highest BCUT2D eigenvalue weighted by Gasteiger charge is 2.21. The van der Waals surface area contributed by atoms with Crippen LogP contribution in [0.1, 0.15) is 43.5 Å². The Balaban J connectivity index is 0.00000240. The van der Waals surface area contributed by atoms with Gasteiger partial charge < -0.3 is 20.3 Å². The van der Waals surface area contributed by atoms with Gasteiger partial charge in [-0.25, -0.2) is 4.98 Å². The molecule has 1 unspecified atom stereocenters. The molecule has 0 aliphatic carbocycles. The molecule has 0 radical (unpaired) electrons. The smallest absolute Gasteiger partial charge is 0.191 e. The van der Waals surface area contributed by atoms with Gasteiger partial charge in [-0.2, -0.15) is 0 Å². The Bertz CT molecular complexity index is 806. The van der Waals surface area contributed by atoms with Crippen molar-refractivity contribution in [2.75, 3.05) is 37.7 Å². The summed E-state index contributed by atoms with van der Waals surface area (Å²) >= 11 is 1.76. The minimum Gasteiger partial charge on any atom is -0.493 e. The first-order valence-electron chi connectivity index (χ1n) is 10.3. The summed E-state index contributed by atoms with van der Waals surface area (Å²) in [7, 11) is 0. The number of aromatic nitrogens is 1. The van der Waals surface area contributed by atoms with Gasteiger partial charge in [-0.1, -0.05) is 18.2 Å². The van der Waals surface area contributed by atoms with Gasteiger partial charge in [0.25, 0.3) is 0 Å². The largest absolute Gasteiger partial charge is 0.493 e. The minimum atomic E-state index is 0. The van der Waals surface area contributed by atoms with E-state index >= 15 is 0 Å². The van der Waals surface area contributed by atoms with Crippen molar-refractivity contribution in [1.82, 2.24) is 15.6 Å². The lowest BCUT2D eigenvalue weighted by atomic mass is 10.0. The SMILES string of the molecule is CCNC(=NCCc1csc(N2CCCC2)n1)NC1CCOc2ccccc21.I. The van der Waals surface area contributed by atoms with Crippen LogP contribution in [0.2, 0.25) is 0 Å². The van der Waals surface area contributed by atoms with E-state index in [2.05, 4.69) is 40.0 Å². The molecule has 0 bridgehead atoms. The van der Waals surface area contributed by atoms with Crippen molar-refractivity contribution >= 4 is 46.4 Å². The van der Waals surface area contributed by atoms with Crippen LogP contribution in [0.3, 0.4) is 0 Å². The lowest BCUT2D eigenvalue weighted by Gasteiger charge is -2.28. The number of thiazole rings is 1.